The van der Waals surface area contributed by atoms with Crippen LogP contribution in [0.1, 0.15) is 44.9 Å². The van der Waals surface area contributed by atoms with Crippen molar-refractivity contribution >= 4 is 5.78 Å². The normalized spacial score (nSPS) is 25.8. The van der Waals surface area contributed by atoms with Crippen LogP contribution in [0.5, 0.6) is 0 Å². The Hall–Kier alpha value is -0.450. The monoisotopic (exact) mass is 270 g/mol. The van der Waals surface area contributed by atoms with Crippen molar-refractivity contribution in [3.05, 3.63) is 0 Å². The third-order valence-electron chi connectivity index (χ3n) is 4.39. The average Bonchev–Trinajstić information content (AvgIpc) is 2.86. The van der Waals surface area contributed by atoms with Crippen molar-refractivity contribution in [3.8, 4) is 0 Å². The second-order valence-electron chi connectivity index (χ2n) is 5.75. The molecule has 2 fully saturated rings. The lowest BCUT2D eigenvalue weighted by Crippen LogP contribution is -2.40. The lowest BCUT2D eigenvalue weighted by Gasteiger charge is -2.37. The standard InChI is InChI=1S/C15H26O4/c1-17-10-11-18-8-5-14(16)13-4-9-19-15(12-13)6-2-3-7-15/h13H,2-12H2,1H3. The van der Waals surface area contributed by atoms with Crippen LogP contribution in [-0.2, 0) is 19.0 Å². The fourth-order valence-electron chi connectivity index (χ4n) is 3.29. The number of carbonyl (C=O) groups is 1. The number of ether oxygens (including phenoxy) is 3. The van der Waals surface area contributed by atoms with Gasteiger partial charge in [0, 0.05) is 26.1 Å². The maximum Gasteiger partial charge on any atom is 0.138 e. The molecule has 1 atom stereocenters. The van der Waals surface area contributed by atoms with Gasteiger partial charge in [0.1, 0.15) is 5.78 Å². The van der Waals surface area contributed by atoms with E-state index in [0.29, 0.717) is 32.0 Å². The Morgan fingerprint density at radius 3 is 2.79 bits per heavy atom. The molecule has 0 aromatic rings. The zero-order valence-corrected chi connectivity index (χ0v) is 12.0. The third kappa shape index (κ3) is 4.26. The third-order valence-corrected chi connectivity index (χ3v) is 4.39. The van der Waals surface area contributed by atoms with E-state index >= 15 is 0 Å². The van der Waals surface area contributed by atoms with Gasteiger partial charge in [-0.3, -0.25) is 4.79 Å². The maximum atomic E-state index is 12.2. The summed E-state index contributed by atoms with van der Waals surface area (Å²) < 4.78 is 16.2. The number of methoxy groups -OCH3 is 1. The van der Waals surface area contributed by atoms with Crippen molar-refractivity contribution in [1.82, 2.24) is 0 Å². The summed E-state index contributed by atoms with van der Waals surface area (Å²) in [6.07, 6.45) is 7.14. The van der Waals surface area contributed by atoms with Crippen LogP contribution in [-0.4, -0.2) is 44.9 Å². The Balaban J connectivity index is 1.70. The fraction of sp³-hybridized carbons (Fsp3) is 0.933. The van der Waals surface area contributed by atoms with Crippen molar-refractivity contribution in [3.63, 3.8) is 0 Å². The second kappa shape index (κ2) is 7.36. The van der Waals surface area contributed by atoms with Crippen molar-refractivity contribution in [2.75, 3.05) is 33.5 Å². The molecular formula is C15H26O4. The molecule has 4 nitrogen and oxygen atoms in total. The number of Topliss-reactive ketones (excluding diaryl/α,β-unsaturated/α-hetero) is 1. The Kier molecular flexibility index (Phi) is 5.79. The molecule has 1 saturated heterocycles. The van der Waals surface area contributed by atoms with Gasteiger partial charge >= 0.3 is 0 Å². The summed E-state index contributed by atoms with van der Waals surface area (Å²) in [5, 5.41) is 0. The summed E-state index contributed by atoms with van der Waals surface area (Å²) >= 11 is 0. The summed E-state index contributed by atoms with van der Waals surface area (Å²) in [7, 11) is 1.65. The summed E-state index contributed by atoms with van der Waals surface area (Å²) in [6, 6.07) is 0. The van der Waals surface area contributed by atoms with E-state index in [1.807, 2.05) is 0 Å². The molecule has 1 unspecified atom stereocenters. The van der Waals surface area contributed by atoms with Crippen molar-refractivity contribution in [2.45, 2.75) is 50.5 Å². The van der Waals surface area contributed by atoms with Gasteiger partial charge in [-0.1, -0.05) is 12.8 Å². The van der Waals surface area contributed by atoms with Gasteiger partial charge in [0.15, 0.2) is 0 Å². The Morgan fingerprint density at radius 1 is 1.26 bits per heavy atom. The minimum Gasteiger partial charge on any atom is -0.382 e. The van der Waals surface area contributed by atoms with Crippen molar-refractivity contribution in [2.24, 2.45) is 5.92 Å². The van der Waals surface area contributed by atoms with Gasteiger partial charge in [-0.15, -0.1) is 0 Å². The molecule has 4 heteroatoms. The molecule has 0 radical (unpaired) electrons. The number of rotatable bonds is 7. The molecule has 110 valence electrons. The van der Waals surface area contributed by atoms with Crippen LogP contribution in [0.25, 0.3) is 0 Å². The largest absolute Gasteiger partial charge is 0.382 e. The maximum absolute atomic E-state index is 12.2. The van der Waals surface area contributed by atoms with Gasteiger partial charge < -0.3 is 14.2 Å². The SMILES string of the molecule is COCCOCCC(=O)C1CCOC2(CCCC2)C1. The van der Waals surface area contributed by atoms with Crippen LogP contribution in [0.4, 0.5) is 0 Å². The molecule has 2 aliphatic rings. The first-order valence-electron chi connectivity index (χ1n) is 7.49. The minimum absolute atomic E-state index is 0.0372. The smallest absolute Gasteiger partial charge is 0.138 e. The highest BCUT2D eigenvalue weighted by Gasteiger charge is 2.41. The molecule has 1 aliphatic heterocycles. The second-order valence-corrected chi connectivity index (χ2v) is 5.75. The molecule has 0 aromatic carbocycles. The van der Waals surface area contributed by atoms with Gasteiger partial charge in [-0.25, -0.2) is 0 Å². The van der Waals surface area contributed by atoms with Crippen LogP contribution in [0, 0.1) is 5.92 Å². The fourth-order valence-corrected chi connectivity index (χ4v) is 3.29. The van der Waals surface area contributed by atoms with Crippen LogP contribution in [0.2, 0.25) is 0 Å². The predicted octanol–water partition coefficient (Wildman–Crippen LogP) is 2.35. The molecular weight excluding hydrogens is 244 g/mol. The van der Waals surface area contributed by atoms with Gasteiger partial charge in [0.25, 0.3) is 0 Å². The number of hydrogen-bond acceptors (Lipinski definition) is 4. The highest BCUT2D eigenvalue weighted by molar-refractivity contribution is 5.81. The molecule has 1 heterocycles. The van der Waals surface area contributed by atoms with Crippen LogP contribution < -0.4 is 0 Å². The van der Waals surface area contributed by atoms with E-state index in [1.54, 1.807) is 7.11 Å². The first-order chi connectivity index (χ1) is 9.26. The quantitative estimate of drug-likeness (QED) is 0.666. The summed E-state index contributed by atoms with van der Waals surface area (Å²) in [6.45, 7) is 2.43. The number of ketones is 1. The van der Waals surface area contributed by atoms with Crippen LogP contribution >= 0.6 is 0 Å². The van der Waals surface area contributed by atoms with Gasteiger partial charge in [-0.2, -0.15) is 0 Å². The lowest BCUT2D eigenvalue weighted by atomic mass is 9.82. The molecule has 0 aromatic heterocycles. The van der Waals surface area contributed by atoms with E-state index in [4.69, 9.17) is 14.2 Å². The highest BCUT2D eigenvalue weighted by atomic mass is 16.5. The molecule has 1 spiro atoms. The zero-order chi connectivity index (χ0) is 13.6. The Labute approximate surface area is 115 Å². The summed E-state index contributed by atoms with van der Waals surface area (Å²) in [5.74, 6) is 0.546. The average molecular weight is 270 g/mol. The number of hydrogen-bond donors (Lipinski definition) is 0. The topological polar surface area (TPSA) is 44.8 Å². The lowest BCUT2D eigenvalue weighted by molar-refractivity contribution is -0.137. The van der Waals surface area contributed by atoms with E-state index in [2.05, 4.69) is 0 Å². The van der Waals surface area contributed by atoms with Gasteiger partial charge in [-0.05, 0) is 25.7 Å². The first-order valence-corrected chi connectivity index (χ1v) is 7.49. The first kappa shape index (κ1) is 14.9. The van der Waals surface area contributed by atoms with E-state index in [0.717, 1.165) is 32.3 Å². The van der Waals surface area contributed by atoms with Crippen LogP contribution in [0.15, 0.2) is 0 Å². The van der Waals surface area contributed by atoms with Crippen molar-refractivity contribution < 1.29 is 19.0 Å². The molecule has 0 N–H and O–H groups in total. The van der Waals surface area contributed by atoms with Crippen molar-refractivity contribution in [1.29, 1.82) is 0 Å². The van der Waals surface area contributed by atoms with Gasteiger partial charge in [0.2, 0.25) is 0 Å². The molecule has 19 heavy (non-hydrogen) atoms. The highest BCUT2D eigenvalue weighted by Crippen LogP contribution is 2.42. The molecule has 1 aliphatic carbocycles. The molecule has 0 bridgehead atoms. The molecule has 0 amide bonds. The van der Waals surface area contributed by atoms with E-state index in [-0.39, 0.29) is 11.5 Å². The molecule has 1 saturated carbocycles. The van der Waals surface area contributed by atoms with Crippen LogP contribution in [0.3, 0.4) is 0 Å². The van der Waals surface area contributed by atoms with E-state index in [1.165, 1.54) is 12.8 Å². The number of carbonyl (C=O) groups excluding carboxylic acids is 1. The molecule has 2 rings (SSSR count). The minimum atomic E-state index is 0.0372. The zero-order valence-electron chi connectivity index (χ0n) is 12.0. The predicted molar refractivity (Wildman–Crippen MR) is 72.2 cm³/mol. The van der Waals surface area contributed by atoms with Gasteiger partial charge in [0.05, 0.1) is 25.4 Å². The van der Waals surface area contributed by atoms with E-state index < -0.39 is 0 Å². The Bertz CT molecular complexity index is 284. The Morgan fingerprint density at radius 2 is 2.05 bits per heavy atom. The summed E-state index contributed by atoms with van der Waals surface area (Å²) in [4.78, 5) is 12.2. The summed E-state index contributed by atoms with van der Waals surface area (Å²) in [5.41, 5.74) is 0.0372. The van der Waals surface area contributed by atoms with E-state index in [9.17, 15) is 4.79 Å².